The molecule has 4 amide bonds. The summed E-state index contributed by atoms with van der Waals surface area (Å²) in [6.45, 7) is 6.06. The van der Waals surface area contributed by atoms with E-state index in [2.05, 4.69) is 18.8 Å². The standard InChI is InChI=1S/C44H76N2O3/c1-3-5-7-9-11-13-15-17-19-21-23-25-27-29-31-36-40-43(48)46(41-37-33-32-34-38-41)44(49)45-42(47)39-35-30-28-26-24-22-20-18-16-14-12-10-8-6-4-2/h3,32-34,37-38H,1,4-31,35-36,39-40H2,2H3,(H,45,47,49). The van der Waals surface area contributed by atoms with Gasteiger partial charge in [-0.2, -0.15) is 0 Å². The Hall–Kier alpha value is -2.43. The van der Waals surface area contributed by atoms with E-state index in [0.717, 1.165) is 49.8 Å². The molecule has 5 nitrogen and oxygen atoms in total. The van der Waals surface area contributed by atoms with Gasteiger partial charge in [0.15, 0.2) is 0 Å². The molecule has 280 valence electrons. The fraction of sp³-hybridized carbons (Fsp3) is 0.750. The molecular formula is C44H76N2O3. The Labute approximate surface area is 302 Å². The molecule has 0 aromatic heterocycles. The normalized spacial score (nSPS) is 11.0. The third-order valence-electron chi connectivity index (χ3n) is 9.77. The summed E-state index contributed by atoms with van der Waals surface area (Å²) in [7, 11) is 0. The lowest BCUT2D eigenvalue weighted by molar-refractivity contribution is -0.120. The van der Waals surface area contributed by atoms with Crippen molar-refractivity contribution in [1.82, 2.24) is 5.32 Å². The summed E-state index contributed by atoms with van der Waals surface area (Å²) in [5, 5.41) is 2.49. The molecular weight excluding hydrogens is 604 g/mol. The van der Waals surface area contributed by atoms with Crippen LogP contribution in [-0.4, -0.2) is 17.8 Å². The maximum Gasteiger partial charge on any atom is 0.335 e. The van der Waals surface area contributed by atoms with E-state index in [4.69, 9.17) is 0 Å². The van der Waals surface area contributed by atoms with Crippen molar-refractivity contribution in [3.63, 3.8) is 0 Å². The molecule has 0 atom stereocenters. The van der Waals surface area contributed by atoms with Gasteiger partial charge >= 0.3 is 6.03 Å². The fourth-order valence-electron chi connectivity index (χ4n) is 6.64. The minimum atomic E-state index is -0.630. The third kappa shape index (κ3) is 27.0. The number of hydrogen-bond donors (Lipinski definition) is 1. The zero-order valence-corrected chi connectivity index (χ0v) is 32.0. The molecule has 0 saturated carbocycles. The van der Waals surface area contributed by atoms with Crippen LogP contribution in [0.1, 0.15) is 212 Å². The number of para-hydroxylation sites is 1. The highest BCUT2D eigenvalue weighted by atomic mass is 16.2. The number of imide groups is 2. The number of rotatable bonds is 34. The van der Waals surface area contributed by atoms with Gasteiger partial charge < -0.3 is 0 Å². The molecule has 0 unspecified atom stereocenters. The highest BCUT2D eigenvalue weighted by Crippen LogP contribution is 2.19. The smallest absolute Gasteiger partial charge is 0.277 e. The molecule has 0 aliphatic rings. The van der Waals surface area contributed by atoms with Crippen LogP contribution in [0, 0.1) is 0 Å². The number of nitrogens with one attached hydrogen (secondary N) is 1. The van der Waals surface area contributed by atoms with Gasteiger partial charge in [0.05, 0.1) is 5.69 Å². The van der Waals surface area contributed by atoms with Crippen LogP contribution in [0.5, 0.6) is 0 Å². The second-order valence-electron chi connectivity index (χ2n) is 14.4. The fourth-order valence-corrected chi connectivity index (χ4v) is 6.64. The summed E-state index contributed by atoms with van der Waals surface area (Å²) in [6.07, 6.45) is 40.3. The van der Waals surface area contributed by atoms with Crippen LogP contribution in [0.2, 0.25) is 0 Å². The molecule has 0 saturated heterocycles. The molecule has 5 heteroatoms. The number of carbonyl (C=O) groups is 3. The SMILES string of the molecule is C=CCCCCCCCCCCCCCCCCC(=O)N(C(=O)NC(=O)CCCCCCCCCCCCCCCCC)c1ccccc1. The maximum atomic E-state index is 13.2. The van der Waals surface area contributed by atoms with E-state index in [9.17, 15) is 14.4 Å². The molecule has 0 bridgehead atoms. The predicted molar refractivity (Wildman–Crippen MR) is 211 cm³/mol. The summed E-state index contributed by atoms with van der Waals surface area (Å²) in [5.41, 5.74) is 0.512. The molecule has 1 aromatic rings. The van der Waals surface area contributed by atoms with E-state index < -0.39 is 6.03 Å². The quantitative estimate of drug-likeness (QED) is 0.0582. The Bertz CT molecular complexity index is 931. The van der Waals surface area contributed by atoms with Crippen molar-refractivity contribution in [2.75, 3.05) is 4.90 Å². The van der Waals surface area contributed by atoms with Crippen LogP contribution >= 0.6 is 0 Å². The molecule has 0 fully saturated rings. The van der Waals surface area contributed by atoms with E-state index in [0.29, 0.717) is 18.5 Å². The number of benzene rings is 1. The second-order valence-corrected chi connectivity index (χ2v) is 14.4. The van der Waals surface area contributed by atoms with Crippen LogP contribution in [0.4, 0.5) is 10.5 Å². The molecule has 1 rings (SSSR count). The molecule has 0 spiro atoms. The average molecular weight is 681 g/mol. The summed E-state index contributed by atoms with van der Waals surface area (Å²) in [4.78, 5) is 40.0. The van der Waals surface area contributed by atoms with Gasteiger partial charge in [0.25, 0.3) is 0 Å². The second kappa shape index (κ2) is 34.0. The summed E-state index contributed by atoms with van der Waals surface area (Å²) in [6, 6.07) is 8.35. The Balaban J connectivity index is 2.14. The lowest BCUT2D eigenvalue weighted by atomic mass is 10.0. The van der Waals surface area contributed by atoms with Gasteiger partial charge in [0.2, 0.25) is 11.8 Å². The Morgan fingerprint density at radius 1 is 0.531 bits per heavy atom. The number of hydrogen-bond acceptors (Lipinski definition) is 3. The number of amides is 4. The van der Waals surface area contributed by atoms with E-state index in [1.807, 2.05) is 24.3 Å². The van der Waals surface area contributed by atoms with Crippen molar-refractivity contribution in [1.29, 1.82) is 0 Å². The molecule has 1 aromatic carbocycles. The molecule has 0 aliphatic heterocycles. The first-order chi connectivity index (χ1) is 24.1. The van der Waals surface area contributed by atoms with Crippen molar-refractivity contribution in [3.8, 4) is 0 Å². The van der Waals surface area contributed by atoms with E-state index in [1.165, 1.54) is 148 Å². The number of anilines is 1. The monoisotopic (exact) mass is 681 g/mol. The number of allylic oxidation sites excluding steroid dienone is 1. The highest BCUT2D eigenvalue weighted by molar-refractivity contribution is 6.17. The van der Waals surface area contributed by atoms with Crippen molar-refractivity contribution in [3.05, 3.63) is 43.0 Å². The maximum absolute atomic E-state index is 13.2. The zero-order chi connectivity index (χ0) is 35.5. The van der Waals surface area contributed by atoms with Crippen LogP contribution in [-0.2, 0) is 9.59 Å². The average Bonchev–Trinajstić information content (AvgIpc) is 3.10. The van der Waals surface area contributed by atoms with Crippen LogP contribution < -0.4 is 10.2 Å². The first kappa shape index (κ1) is 44.6. The minimum absolute atomic E-state index is 0.246. The lowest BCUT2D eigenvalue weighted by Gasteiger charge is -2.21. The molecule has 0 radical (unpaired) electrons. The molecule has 0 heterocycles. The first-order valence-electron chi connectivity index (χ1n) is 20.9. The van der Waals surface area contributed by atoms with Gasteiger partial charge in [0.1, 0.15) is 0 Å². The number of urea groups is 1. The van der Waals surface area contributed by atoms with Crippen molar-refractivity contribution in [2.45, 2.75) is 212 Å². The number of unbranched alkanes of at least 4 members (excludes halogenated alkanes) is 28. The van der Waals surface area contributed by atoms with Gasteiger partial charge in [-0.25, -0.2) is 9.69 Å². The molecule has 0 aliphatic carbocycles. The molecule has 1 N–H and O–H groups in total. The van der Waals surface area contributed by atoms with Gasteiger partial charge in [-0.1, -0.05) is 198 Å². The predicted octanol–water partition coefficient (Wildman–Crippen LogP) is 13.9. The lowest BCUT2D eigenvalue weighted by Crippen LogP contribution is -2.46. The zero-order valence-electron chi connectivity index (χ0n) is 32.0. The number of carbonyl (C=O) groups excluding carboxylic acids is 3. The summed E-state index contributed by atoms with van der Waals surface area (Å²) >= 11 is 0. The molecule has 49 heavy (non-hydrogen) atoms. The minimum Gasteiger partial charge on any atom is -0.277 e. The van der Waals surface area contributed by atoms with E-state index >= 15 is 0 Å². The van der Waals surface area contributed by atoms with Crippen molar-refractivity contribution >= 4 is 23.5 Å². The number of nitrogens with zero attached hydrogens (tertiary/aromatic N) is 1. The van der Waals surface area contributed by atoms with Crippen LogP contribution in [0.25, 0.3) is 0 Å². The topological polar surface area (TPSA) is 66.5 Å². The van der Waals surface area contributed by atoms with Crippen molar-refractivity contribution in [2.24, 2.45) is 0 Å². The largest absolute Gasteiger partial charge is 0.335 e. The Morgan fingerprint density at radius 3 is 1.31 bits per heavy atom. The van der Waals surface area contributed by atoms with E-state index in [-0.39, 0.29) is 11.8 Å². The third-order valence-corrected chi connectivity index (χ3v) is 9.77. The van der Waals surface area contributed by atoms with Gasteiger partial charge in [0, 0.05) is 12.8 Å². The van der Waals surface area contributed by atoms with E-state index in [1.54, 1.807) is 12.1 Å². The summed E-state index contributed by atoms with van der Waals surface area (Å²) in [5.74, 6) is -0.545. The highest BCUT2D eigenvalue weighted by Gasteiger charge is 2.24. The van der Waals surface area contributed by atoms with Gasteiger partial charge in [-0.05, 0) is 37.8 Å². The van der Waals surface area contributed by atoms with Crippen LogP contribution in [0.15, 0.2) is 43.0 Å². The summed E-state index contributed by atoms with van der Waals surface area (Å²) < 4.78 is 0. The Kier molecular flexibility index (Phi) is 31.0. The van der Waals surface area contributed by atoms with Crippen molar-refractivity contribution < 1.29 is 14.4 Å². The van der Waals surface area contributed by atoms with Gasteiger partial charge in [-0.3, -0.25) is 14.9 Å². The van der Waals surface area contributed by atoms with Gasteiger partial charge in [-0.15, -0.1) is 6.58 Å². The first-order valence-corrected chi connectivity index (χ1v) is 20.9. The van der Waals surface area contributed by atoms with Crippen LogP contribution in [0.3, 0.4) is 0 Å². The Morgan fingerprint density at radius 2 is 0.898 bits per heavy atom.